The van der Waals surface area contributed by atoms with Crippen LogP contribution in [0.3, 0.4) is 0 Å². The maximum Gasteiger partial charge on any atom is 0.229 e. The molecule has 1 heterocycles. The zero-order valence-electron chi connectivity index (χ0n) is 6.90. The lowest BCUT2D eigenvalue weighted by Crippen LogP contribution is -2.27. The molecule has 1 rings (SSSR count). The largest absolute Gasteiger partial charge is 0.375 e. The Labute approximate surface area is 79.0 Å². The second-order valence-corrected chi connectivity index (χ2v) is 3.25. The number of nitrogen functional groups attached to an aromatic ring is 1. The van der Waals surface area contributed by atoms with Gasteiger partial charge in [-0.3, -0.25) is 9.59 Å². The minimum atomic E-state index is -0.814. The molecule has 0 aliphatic carbocycles. The number of hydrogen-bond acceptors (Lipinski definition) is 5. The van der Waals surface area contributed by atoms with Gasteiger partial charge in [-0.2, -0.15) is 0 Å². The molecular formula is C7H8N3O2S. The molecule has 0 saturated carbocycles. The molecule has 5 nitrogen and oxygen atoms in total. The third kappa shape index (κ3) is 2.51. The van der Waals surface area contributed by atoms with Crippen LogP contribution in [0.4, 0.5) is 5.13 Å². The molecule has 0 saturated heterocycles. The lowest BCUT2D eigenvalue weighted by atomic mass is 10.2. The van der Waals surface area contributed by atoms with Crippen molar-refractivity contribution in [3.05, 3.63) is 11.1 Å². The van der Waals surface area contributed by atoms with Crippen molar-refractivity contribution in [1.29, 1.82) is 0 Å². The predicted octanol–water partition coefficient (Wildman–Crippen LogP) is 0.0122. The van der Waals surface area contributed by atoms with Crippen molar-refractivity contribution in [3.63, 3.8) is 0 Å². The lowest BCUT2D eigenvalue weighted by molar-refractivity contribution is -0.119. The van der Waals surface area contributed by atoms with Gasteiger partial charge in [0.15, 0.2) is 5.13 Å². The first kappa shape index (κ1) is 9.66. The number of anilines is 1. The molecule has 1 aromatic rings. The average Bonchev–Trinajstić information content (AvgIpc) is 2.47. The Morgan fingerprint density at radius 1 is 1.85 bits per heavy atom. The van der Waals surface area contributed by atoms with Gasteiger partial charge in [-0.15, -0.1) is 11.3 Å². The summed E-state index contributed by atoms with van der Waals surface area (Å²) in [4.78, 5) is 24.9. The minimum absolute atomic E-state index is 0.306. The third-order valence-electron chi connectivity index (χ3n) is 1.30. The smallest absolute Gasteiger partial charge is 0.229 e. The van der Waals surface area contributed by atoms with Crippen molar-refractivity contribution in [2.24, 2.45) is 0 Å². The highest BCUT2D eigenvalue weighted by molar-refractivity contribution is 7.13. The van der Waals surface area contributed by atoms with E-state index in [2.05, 4.69) is 10.3 Å². The highest BCUT2D eigenvalue weighted by Gasteiger charge is 2.15. The van der Waals surface area contributed by atoms with E-state index in [-0.39, 0.29) is 5.91 Å². The Balaban J connectivity index is 2.78. The number of carbonyl (C=O) groups excluding carboxylic acids is 2. The molecule has 1 radical (unpaired) electrons. The highest BCUT2D eigenvalue weighted by atomic mass is 32.1. The van der Waals surface area contributed by atoms with Gasteiger partial charge in [0.1, 0.15) is 6.04 Å². The van der Waals surface area contributed by atoms with Crippen LogP contribution >= 0.6 is 11.3 Å². The van der Waals surface area contributed by atoms with Crippen LogP contribution in [0.2, 0.25) is 0 Å². The summed E-state index contributed by atoms with van der Waals surface area (Å²) in [5, 5.41) is 4.36. The summed E-state index contributed by atoms with van der Waals surface area (Å²) in [6.07, 6.45) is 1.67. The third-order valence-corrected chi connectivity index (χ3v) is 1.99. The standard InChI is InChI=1S/C7H8N3O2S/c1-4(12)9-5(2-11)6-3-13-7(8)10-6/h3,5H,1H3,(H2,8,10)(H,9,12). The van der Waals surface area contributed by atoms with Gasteiger partial charge in [0.2, 0.25) is 12.2 Å². The summed E-state index contributed by atoms with van der Waals surface area (Å²) in [6.45, 7) is 1.32. The second kappa shape index (κ2) is 3.99. The van der Waals surface area contributed by atoms with Crippen LogP contribution in [-0.2, 0) is 9.59 Å². The van der Waals surface area contributed by atoms with E-state index >= 15 is 0 Å². The molecule has 3 N–H and O–H groups in total. The highest BCUT2D eigenvalue weighted by Crippen LogP contribution is 2.16. The van der Waals surface area contributed by atoms with Crippen molar-refractivity contribution >= 4 is 28.7 Å². The van der Waals surface area contributed by atoms with Crippen LogP contribution in [-0.4, -0.2) is 17.2 Å². The number of rotatable bonds is 3. The Bertz CT molecular complexity index is 323. The lowest BCUT2D eigenvalue weighted by Gasteiger charge is -2.05. The first-order valence-electron chi connectivity index (χ1n) is 3.49. The van der Waals surface area contributed by atoms with Gasteiger partial charge >= 0.3 is 0 Å². The van der Waals surface area contributed by atoms with E-state index in [9.17, 15) is 9.59 Å². The van der Waals surface area contributed by atoms with Crippen LogP contribution in [0.1, 0.15) is 18.7 Å². The molecule has 6 heteroatoms. The van der Waals surface area contributed by atoms with Crippen molar-refractivity contribution in [2.75, 3.05) is 5.73 Å². The number of nitrogens with one attached hydrogen (secondary N) is 1. The molecule has 13 heavy (non-hydrogen) atoms. The Morgan fingerprint density at radius 2 is 2.54 bits per heavy atom. The van der Waals surface area contributed by atoms with Gasteiger partial charge in [-0.05, 0) is 0 Å². The van der Waals surface area contributed by atoms with Gasteiger partial charge in [-0.1, -0.05) is 0 Å². The molecule has 1 aromatic heterocycles. The monoisotopic (exact) mass is 198 g/mol. The number of nitrogens with zero attached hydrogens (tertiary/aromatic N) is 1. The van der Waals surface area contributed by atoms with E-state index < -0.39 is 6.04 Å². The molecule has 0 spiro atoms. The topological polar surface area (TPSA) is 85.1 Å². The molecule has 0 bridgehead atoms. The maximum atomic E-state index is 10.6. The van der Waals surface area contributed by atoms with Crippen molar-refractivity contribution in [1.82, 2.24) is 10.3 Å². The van der Waals surface area contributed by atoms with Crippen molar-refractivity contribution in [2.45, 2.75) is 13.0 Å². The SMILES string of the molecule is CC(=O)NC([C]=O)c1csc(N)n1. The summed E-state index contributed by atoms with van der Waals surface area (Å²) in [5.41, 5.74) is 5.79. The van der Waals surface area contributed by atoms with Crippen LogP contribution < -0.4 is 11.1 Å². The van der Waals surface area contributed by atoms with E-state index in [1.54, 1.807) is 11.7 Å². The number of thiazole rings is 1. The molecule has 1 unspecified atom stereocenters. The summed E-state index contributed by atoms with van der Waals surface area (Å²) in [6, 6.07) is -0.814. The fourth-order valence-electron chi connectivity index (χ4n) is 0.800. The van der Waals surface area contributed by atoms with Gasteiger partial charge in [0.05, 0.1) is 5.69 Å². The van der Waals surface area contributed by atoms with E-state index in [1.165, 1.54) is 18.3 Å². The van der Waals surface area contributed by atoms with Crippen LogP contribution in [0.15, 0.2) is 5.38 Å². The van der Waals surface area contributed by atoms with Gasteiger partial charge < -0.3 is 11.1 Å². The van der Waals surface area contributed by atoms with E-state index in [4.69, 9.17) is 5.73 Å². The maximum absolute atomic E-state index is 10.6. The average molecular weight is 198 g/mol. The molecule has 0 aromatic carbocycles. The summed E-state index contributed by atoms with van der Waals surface area (Å²) in [5.74, 6) is -0.306. The van der Waals surface area contributed by atoms with Gasteiger partial charge in [0.25, 0.3) is 0 Å². The van der Waals surface area contributed by atoms with Crippen LogP contribution in [0.25, 0.3) is 0 Å². The van der Waals surface area contributed by atoms with Crippen molar-refractivity contribution in [3.8, 4) is 0 Å². The van der Waals surface area contributed by atoms with E-state index in [0.717, 1.165) is 0 Å². The number of aromatic nitrogens is 1. The molecule has 0 fully saturated rings. The normalized spacial score (nSPS) is 12.1. The zero-order chi connectivity index (χ0) is 9.84. The fraction of sp³-hybridized carbons (Fsp3) is 0.286. The minimum Gasteiger partial charge on any atom is -0.375 e. The van der Waals surface area contributed by atoms with Crippen LogP contribution in [0, 0.1) is 0 Å². The molecule has 0 aliphatic heterocycles. The number of hydrogen-bond donors (Lipinski definition) is 2. The molecule has 69 valence electrons. The zero-order valence-corrected chi connectivity index (χ0v) is 7.72. The quantitative estimate of drug-likeness (QED) is 0.716. The first-order valence-corrected chi connectivity index (χ1v) is 4.37. The molecule has 0 aliphatic rings. The summed E-state index contributed by atoms with van der Waals surface area (Å²) >= 11 is 1.21. The Morgan fingerprint density at radius 3 is 2.92 bits per heavy atom. The summed E-state index contributed by atoms with van der Waals surface area (Å²) < 4.78 is 0. The van der Waals surface area contributed by atoms with E-state index in [0.29, 0.717) is 10.8 Å². The van der Waals surface area contributed by atoms with Crippen LogP contribution in [0.5, 0.6) is 0 Å². The van der Waals surface area contributed by atoms with E-state index in [1.807, 2.05) is 0 Å². The molecule has 1 atom stereocenters. The fourth-order valence-corrected chi connectivity index (χ4v) is 1.39. The van der Waals surface area contributed by atoms with Crippen molar-refractivity contribution < 1.29 is 9.59 Å². The predicted molar refractivity (Wildman–Crippen MR) is 48.8 cm³/mol. The number of carbonyl (C=O) groups is 1. The number of nitrogens with two attached hydrogens (primary N) is 1. The summed E-state index contributed by atoms with van der Waals surface area (Å²) in [7, 11) is 0. The second-order valence-electron chi connectivity index (χ2n) is 2.36. The first-order chi connectivity index (χ1) is 6.13. The molecular weight excluding hydrogens is 190 g/mol. The van der Waals surface area contributed by atoms with Gasteiger partial charge in [0, 0.05) is 12.3 Å². The molecule has 1 amide bonds. The Kier molecular flexibility index (Phi) is 2.97. The van der Waals surface area contributed by atoms with Gasteiger partial charge in [-0.25, -0.2) is 4.98 Å². The Hall–Kier alpha value is -1.43. The number of amides is 1.